The maximum absolute atomic E-state index is 12.2. The summed E-state index contributed by atoms with van der Waals surface area (Å²) in [5.74, 6) is 0.625. The Balaban J connectivity index is 2.13. The first-order valence-electron chi connectivity index (χ1n) is 6.41. The van der Waals surface area contributed by atoms with Crippen LogP contribution in [0.3, 0.4) is 0 Å². The van der Waals surface area contributed by atoms with Crippen LogP contribution in [0.15, 0.2) is 46.9 Å². The molecule has 0 aliphatic carbocycles. The van der Waals surface area contributed by atoms with Crippen molar-refractivity contribution in [1.29, 1.82) is 0 Å². The molecule has 3 nitrogen and oxygen atoms in total. The molecule has 4 heteroatoms. The van der Waals surface area contributed by atoms with Crippen molar-refractivity contribution in [2.75, 3.05) is 11.9 Å². The number of amides is 1. The maximum atomic E-state index is 12.2. The molecule has 0 fully saturated rings. The molecule has 1 amide bonds. The van der Waals surface area contributed by atoms with E-state index in [1.54, 1.807) is 24.3 Å². The summed E-state index contributed by atoms with van der Waals surface area (Å²) in [6, 6.07) is 12.9. The van der Waals surface area contributed by atoms with Crippen LogP contribution in [0.1, 0.15) is 22.8 Å². The number of carbonyl (C=O) groups is 1. The molecule has 0 heterocycles. The Bertz CT molecular complexity index is 608. The Morgan fingerprint density at radius 2 is 1.90 bits per heavy atom. The van der Waals surface area contributed by atoms with Gasteiger partial charge >= 0.3 is 0 Å². The minimum Gasteiger partial charge on any atom is -0.494 e. The van der Waals surface area contributed by atoms with E-state index >= 15 is 0 Å². The van der Waals surface area contributed by atoms with Crippen LogP contribution in [0, 0.1) is 6.92 Å². The van der Waals surface area contributed by atoms with E-state index in [0.717, 1.165) is 21.5 Å². The number of hydrogen-bond acceptors (Lipinski definition) is 2. The smallest absolute Gasteiger partial charge is 0.255 e. The molecule has 0 atom stereocenters. The van der Waals surface area contributed by atoms with Gasteiger partial charge in [-0.25, -0.2) is 0 Å². The van der Waals surface area contributed by atoms with Gasteiger partial charge in [0.25, 0.3) is 5.91 Å². The van der Waals surface area contributed by atoms with Crippen molar-refractivity contribution >= 4 is 27.5 Å². The number of ether oxygens (including phenoxy) is 1. The summed E-state index contributed by atoms with van der Waals surface area (Å²) in [6.07, 6.45) is 0. The second-order valence-electron chi connectivity index (χ2n) is 4.35. The van der Waals surface area contributed by atoms with Crippen LogP contribution in [0.25, 0.3) is 0 Å². The highest BCUT2D eigenvalue weighted by atomic mass is 79.9. The molecule has 1 N–H and O–H groups in total. The molecular weight excluding hydrogens is 318 g/mol. The fourth-order valence-electron chi connectivity index (χ4n) is 1.81. The van der Waals surface area contributed by atoms with Gasteiger partial charge in [0.1, 0.15) is 5.75 Å². The van der Waals surface area contributed by atoms with Crippen molar-refractivity contribution in [2.45, 2.75) is 13.8 Å². The molecule has 0 spiro atoms. The second kappa shape index (κ2) is 6.57. The lowest BCUT2D eigenvalue weighted by Gasteiger charge is -2.09. The summed E-state index contributed by atoms with van der Waals surface area (Å²) >= 11 is 3.48. The first-order chi connectivity index (χ1) is 9.61. The lowest BCUT2D eigenvalue weighted by molar-refractivity contribution is 0.102. The first-order valence-corrected chi connectivity index (χ1v) is 7.20. The van der Waals surface area contributed by atoms with Gasteiger partial charge in [0, 0.05) is 10.0 Å². The number of halogens is 1. The fourth-order valence-corrected chi connectivity index (χ4v) is 2.17. The number of benzene rings is 2. The molecule has 2 rings (SSSR count). The van der Waals surface area contributed by atoms with Crippen molar-refractivity contribution in [1.82, 2.24) is 0 Å². The average Bonchev–Trinajstić information content (AvgIpc) is 2.45. The van der Waals surface area contributed by atoms with E-state index in [9.17, 15) is 4.79 Å². The monoisotopic (exact) mass is 333 g/mol. The Kier molecular flexibility index (Phi) is 4.79. The van der Waals surface area contributed by atoms with E-state index in [1.807, 2.05) is 32.0 Å². The van der Waals surface area contributed by atoms with Crippen LogP contribution < -0.4 is 10.1 Å². The van der Waals surface area contributed by atoms with E-state index in [4.69, 9.17) is 4.74 Å². The fraction of sp³-hybridized carbons (Fsp3) is 0.188. The van der Waals surface area contributed by atoms with Crippen molar-refractivity contribution in [3.8, 4) is 5.75 Å². The van der Waals surface area contributed by atoms with E-state index in [0.29, 0.717) is 12.2 Å². The van der Waals surface area contributed by atoms with Crippen molar-refractivity contribution in [3.05, 3.63) is 58.1 Å². The largest absolute Gasteiger partial charge is 0.494 e. The zero-order valence-corrected chi connectivity index (χ0v) is 13.0. The molecule has 20 heavy (non-hydrogen) atoms. The molecule has 0 saturated heterocycles. The number of carbonyl (C=O) groups excluding carboxylic acids is 1. The van der Waals surface area contributed by atoms with E-state index in [1.165, 1.54) is 0 Å². The summed E-state index contributed by atoms with van der Waals surface area (Å²) in [4.78, 5) is 12.2. The Morgan fingerprint density at radius 1 is 1.20 bits per heavy atom. The van der Waals surface area contributed by atoms with Gasteiger partial charge in [0.15, 0.2) is 0 Å². The maximum Gasteiger partial charge on any atom is 0.255 e. The number of aryl methyl sites for hydroxylation is 1. The molecule has 0 unspecified atom stereocenters. The summed E-state index contributed by atoms with van der Waals surface area (Å²) < 4.78 is 6.26. The quantitative estimate of drug-likeness (QED) is 0.899. The average molecular weight is 334 g/mol. The van der Waals surface area contributed by atoms with Crippen molar-refractivity contribution in [2.24, 2.45) is 0 Å². The first kappa shape index (κ1) is 14.6. The molecule has 0 bridgehead atoms. The number of nitrogens with one attached hydrogen (secondary N) is 1. The molecule has 2 aromatic carbocycles. The minimum atomic E-state index is -0.139. The number of hydrogen-bond donors (Lipinski definition) is 1. The summed E-state index contributed by atoms with van der Waals surface area (Å²) in [6.45, 7) is 4.52. The molecule has 2 aromatic rings. The third-order valence-electron chi connectivity index (χ3n) is 2.87. The van der Waals surface area contributed by atoms with Gasteiger partial charge in [0.2, 0.25) is 0 Å². The highest BCUT2D eigenvalue weighted by Gasteiger charge is 2.09. The standard InChI is InChI=1S/C16H16BrNO2/c1-3-20-13-9-7-12(8-10-13)16(19)18-14-6-4-5-11(2)15(14)17/h4-10H,3H2,1-2H3,(H,18,19). The molecule has 0 radical (unpaired) electrons. The van der Waals surface area contributed by atoms with E-state index in [2.05, 4.69) is 21.2 Å². The molecule has 104 valence electrons. The van der Waals surface area contributed by atoms with E-state index in [-0.39, 0.29) is 5.91 Å². The SMILES string of the molecule is CCOc1ccc(C(=O)Nc2cccc(C)c2Br)cc1. The van der Waals surface area contributed by atoms with Crippen LogP contribution in [-0.4, -0.2) is 12.5 Å². The van der Waals surface area contributed by atoms with Crippen LogP contribution in [-0.2, 0) is 0 Å². The highest BCUT2D eigenvalue weighted by Crippen LogP contribution is 2.26. The van der Waals surface area contributed by atoms with Crippen LogP contribution in [0.5, 0.6) is 5.75 Å². The molecule has 0 aliphatic rings. The van der Waals surface area contributed by atoms with E-state index < -0.39 is 0 Å². The van der Waals surface area contributed by atoms with Crippen molar-refractivity contribution in [3.63, 3.8) is 0 Å². The lowest BCUT2D eigenvalue weighted by Crippen LogP contribution is -2.12. The van der Waals surface area contributed by atoms with Gasteiger partial charge in [-0.05, 0) is 65.7 Å². The normalized spacial score (nSPS) is 10.2. The predicted octanol–water partition coefficient (Wildman–Crippen LogP) is 4.41. The molecule has 0 saturated carbocycles. The second-order valence-corrected chi connectivity index (χ2v) is 5.14. The number of anilines is 1. The predicted molar refractivity (Wildman–Crippen MR) is 84.4 cm³/mol. The third-order valence-corrected chi connectivity index (χ3v) is 3.92. The number of rotatable bonds is 4. The molecule has 0 aliphatic heterocycles. The van der Waals surface area contributed by atoms with Gasteiger partial charge in [-0.2, -0.15) is 0 Å². The van der Waals surface area contributed by atoms with Crippen LogP contribution in [0.2, 0.25) is 0 Å². The van der Waals surface area contributed by atoms with Crippen LogP contribution >= 0.6 is 15.9 Å². The topological polar surface area (TPSA) is 38.3 Å². The van der Waals surface area contributed by atoms with Gasteiger partial charge in [-0.3, -0.25) is 4.79 Å². The zero-order chi connectivity index (χ0) is 14.5. The Hall–Kier alpha value is -1.81. The lowest BCUT2D eigenvalue weighted by atomic mass is 10.2. The Morgan fingerprint density at radius 3 is 2.55 bits per heavy atom. The minimum absolute atomic E-state index is 0.139. The summed E-state index contributed by atoms with van der Waals surface area (Å²) in [7, 11) is 0. The van der Waals surface area contributed by atoms with Crippen molar-refractivity contribution < 1.29 is 9.53 Å². The zero-order valence-electron chi connectivity index (χ0n) is 11.4. The highest BCUT2D eigenvalue weighted by molar-refractivity contribution is 9.10. The molecular formula is C16H16BrNO2. The van der Waals surface area contributed by atoms with Gasteiger partial charge in [-0.15, -0.1) is 0 Å². The molecule has 0 aromatic heterocycles. The van der Waals surface area contributed by atoms with Gasteiger partial charge < -0.3 is 10.1 Å². The summed E-state index contributed by atoms with van der Waals surface area (Å²) in [5, 5.41) is 2.89. The van der Waals surface area contributed by atoms with Gasteiger partial charge in [0.05, 0.1) is 12.3 Å². The third kappa shape index (κ3) is 3.39. The van der Waals surface area contributed by atoms with Crippen LogP contribution in [0.4, 0.5) is 5.69 Å². The Labute approximate surface area is 127 Å². The van der Waals surface area contributed by atoms with Gasteiger partial charge in [-0.1, -0.05) is 12.1 Å². The summed E-state index contributed by atoms with van der Waals surface area (Å²) in [5.41, 5.74) is 2.44.